The summed E-state index contributed by atoms with van der Waals surface area (Å²) in [5.41, 5.74) is 3.04. The van der Waals surface area contributed by atoms with E-state index < -0.39 is 0 Å². The standard InChI is InChI=1S/C15H12N2O2/c18-11-6-7-13-12(8-11)15(16-9-14(19)17-13)10-4-2-1-3-5-10/h1-8,18H,9H2,(H,17,19). The van der Waals surface area contributed by atoms with Crippen LogP contribution in [0.25, 0.3) is 0 Å². The number of aromatic hydroxyl groups is 1. The molecule has 0 atom stereocenters. The number of rotatable bonds is 1. The lowest BCUT2D eigenvalue weighted by Crippen LogP contribution is -2.13. The maximum absolute atomic E-state index is 11.6. The van der Waals surface area contributed by atoms with E-state index >= 15 is 0 Å². The molecule has 0 saturated carbocycles. The summed E-state index contributed by atoms with van der Waals surface area (Å²) in [4.78, 5) is 16.0. The van der Waals surface area contributed by atoms with Crippen LogP contribution in [-0.2, 0) is 4.79 Å². The van der Waals surface area contributed by atoms with E-state index in [0.29, 0.717) is 11.4 Å². The molecule has 3 rings (SSSR count). The monoisotopic (exact) mass is 252 g/mol. The summed E-state index contributed by atoms with van der Waals surface area (Å²) in [5.74, 6) is -0.00333. The summed E-state index contributed by atoms with van der Waals surface area (Å²) < 4.78 is 0. The van der Waals surface area contributed by atoms with Crippen LogP contribution in [0.2, 0.25) is 0 Å². The molecule has 0 saturated heterocycles. The Morgan fingerprint density at radius 1 is 1.11 bits per heavy atom. The second-order valence-electron chi connectivity index (χ2n) is 4.31. The number of carbonyl (C=O) groups is 1. The molecule has 0 spiro atoms. The fourth-order valence-corrected chi connectivity index (χ4v) is 2.11. The van der Waals surface area contributed by atoms with Gasteiger partial charge in [-0.15, -0.1) is 0 Å². The molecule has 0 radical (unpaired) electrons. The van der Waals surface area contributed by atoms with E-state index in [1.54, 1.807) is 18.2 Å². The van der Waals surface area contributed by atoms with Gasteiger partial charge in [0.2, 0.25) is 5.91 Å². The third-order valence-corrected chi connectivity index (χ3v) is 2.96. The summed E-state index contributed by atoms with van der Waals surface area (Å²) in [7, 11) is 0. The zero-order valence-corrected chi connectivity index (χ0v) is 10.1. The highest BCUT2D eigenvalue weighted by molar-refractivity contribution is 6.19. The second kappa shape index (κ2) is 4.57. The first-order chi connectivity index (χ1) is 9.24. The Hall–Kier alpha value is -2.62. The van der Waals surface area contributed by atoms with Gasteiger partial charge in [-0.25, -0.2) is 0 Å². The lowest BCUT2D eigenvalue weighted by atomic mass is 10.0. The molecule has 0 unspecified atom stereocenters. The molecule has 1 amide bonds. The van der Waals surface area contributed by atoms with E-state index in [-0.39, 0.29) is 18.2 Å². The first-order valence-corrected chi connectivity index (χ1v) is 5.97. The van der Waals surface area contributed by atoms with Gasteiger partial charge in [0.25, 0.3) is 0 Å². The van der Waals surface area contributed by atoms with Crippen LogP contribution in [0.1, 0.15) is 11.1 Å². The van der Waals surface area contributed by atoms with E-state index in [4.69, 9.17) is 0 Å². The van der Waals surface area contributed by atoms with Gasteiger partial charge in [-0.05, 0) is 18.2 Å². The van der Waals surface area contributed by atoms with Crippen LogP contribution < -0.4 is 5.32 Å². The van der Waals surface area contributed by atoms with Gasteiger partial charge in [-0.2, -0.15) is 0 Å². The van der Waals surface area contributed by atoms with Crippen LogP contribution in [0.5, 0.6) is 5.75 Å². The van der Waals surface area contributed by atoms with Crippen molar-refractivity contribution in [1.82, 2.24) is 0 Å². The molecule has 1 aliphatic rings. The van der Waals surface area contributed by atoms with Crippen molar-refractivity contribution in [3.63, 3.8) is 0 Å². The molecule has 0 aliphatic carbocycles. The number of phenols is 1. The Labute approximate surface area is 110 Å². The third kappa shape index (κ3) is 2.20. The summed E-state index contributed by atoms with van der Waals surface area (Å²) in [6, 6.07) is 14.5. The first kappa shape index (κ1) is 11.5. The molecule has 0 fully saturated rings. The fourth-order valence-electron chi connectivity index (χ4n) is 2.11. The summed E-state index contributed by atoms with van der Waals surface area (Å²) in [6.45, 7) is 0.0830. The van der Waals surface area contributed by atoms with E-state index in [0.717, 1.165) is 11.1 Å². The summed E-state index contributed by atoms with van der Waals surface area (Å²) >= 11 is 0. The number of hydrogen-bond donors (Lipinski definition) is 2. The van der Waals surface area contributed by atoms with Crippen LogP contribution in [0, 0.1) is 0 Å². The van der Waals surface area contributed by atoms with Crippen molar-refractivity contribution < 1.29 is 9.90 Å². The number of benzodiazepines with no additional fused rings is 1. The number of anilines is 1. The SMILES string of the molecule is O=C1CN=C(c2ccccc2)c2cc(O)ccc2N1. The number of amides is 1. The first-order valence-electron chi connectivity index (χ1n) is 5.97. The highest BCUT2D eigenvalue weighted by Gasteiger charge is 2.18. The van der Waals surface area contributed by atoms with Crippen molar-refractivity contribution in [3.05, 3.63) is 59.7 Å². The Morgan fingerprint density at radius 2 is 1.89 bits per heavy atom. The number of fused-ring (bicyclic) bond motifs is 1. The van der Waals surface area contributed by atoms with Gasteiger partial charge in [0, 0.05) is 11.1 Å². The number of aliphatic imine (C=N–C) groups is 1. The number of nitrogens with one attached hydrogen (secondary N) is 1. The molecule has 19 heavy (non-hydrogen) atoms. The number of hydrogen-bond acceptors (Lipinski definition) is 3. The molecule has 0 aromatic heterocycles. The van der Waals surface area contributed by atoms with Crippen molar-refractivity contribution in [2.24, 2.45) is 4.99 Å². The van der Waals surface area contributed by atoms with Gasteiger partial charge in [-0.3, -0.25) is 9.79 Å². The lowest BCUT2D eigenvalue weighted by molar-refractivity contribution is -0.114. The minimum absolute atomic E-state index is 0.0830. The van der Waals surface area contributed by atoms with Gasteiger partial charge in [0.1, 0.15) is 12.3 Å². The maximum Gasteiger partial charge on any atom is 0.246 e. The molecule has 2 N–H and O–H groups in total. The normalized spacial score (nSPS) is 14.1. The average Bonchev–Trinajstić information content (AvgIpc) is 2.58. The molecule has 2 aromatic rings. The van der Waals surface area contributed by atoms with Crippen molar-refractivity contribution >= 4 is 17.3 Å². The van der Waals surface area contributed by atoms with Crippen LogP contribution in [0.15, 0.2) is 53.5 Å². The predicted octanol–water partition coefficient (Wildman–Crippen LogP) is 2.18. The molecular weight excluding hydrogens is 240 g/mol. The van der Waals surface area contributed by atoms with E-state index in [1.807, 2.05) is 30.3 Å². The lowest BCUT2D eigenvalue weighted by Gasteiger charge is -2.10. The van der Waals surface area contributed by atoms with E-state index in [2.05, 4.69) is 10.3 Å². The number of benzene rings is 2. The van der Waals surface area contributed by atoms with Crippen LogP contribution in [0.3, 0.4) is 0 Å². The molecule has 2 aromatic carbocycles. The van der Waals surface area contributed by atoms with Crippen molar-refractivity contribution in [1.29, 1.82) is 0 Å². The molecule has 4 heteroatoms. The Morgan fingerprint density at radius 3 is 2.68 bits per heavy atom. The highest BCUT2D eigenvalue weighted by Crippen LogP contribution is 2.26. The van der Waals surface area contributed by atoms with Gasteiger partial charge >= 0.3 is 0 Å². The van der Waals surface area contributed by atoms with Crippen molar-refractivity contribution in [2.75, 3.05) is 11.9 Å². The van der Waals surface area contributed by atoms with Crippen molar-refractivity contribution in [2.45, 2.75) is 0 Å². The predicted molar refractivity (Wildman–Crippen MR) is 73.7 cm³/mol. The van der Waals surface area contributed by atoms with Crippen molar-refractivity contribution in [3.8, 4) is 5.75 Å². The minimum atomic E-state index is -0.155. The minimum Gasteiger partial charge on any atom is -0.508 e. The maximum atomic E-state index is 11.6. The Balaban J connectivity index is 2.20. The molecule has 0 bridgehead atoms. The van der Waals surface area contributed by atoms with E-state index in [1.165, 1.54) is 0 Å². The summed E-state index contributed by atoms with van der Waals surface area (Å²) in [5, 5.41) is 12.4. The quantitative estimate of drug-likeness (QED) is 0.764. The Bertz CT molecular complexity index is 663. The number of phenolic OH excluding ortho intramolecular Hbond substituents is 1. The van der Waals surface area contributed by atoms with Crippen LogP contribution in [0.4, 0.5) is 5.69 Å². The molecule has 1 heterocycles. The largest absolute Gasteiger partial charge is 0.508 e. The van der Waals surface area contributed by atoms with Gasteiger partial charge in [0.05, 0.1) is 11.4 Å². The molecule has 1 aliphatic heterocycles. The third-order valence-electron chi connectivity index (χ3n) is 2.96. The van der Waals surface area contributed by atoms with Gasteiger partial charge in [-0.1, -0.05) is 30.3 Å². The van der Waals surface area contributed by atoms with E-state index in [9.17, 15) is 9.90 Å². The van der Waals surface area contributed by atoms with Crippen LogP contribution in [-0.4, -0.2) is 23.3 Å². The zero-order chi connectivity index (χ0) is 13.2. The number of carbonyl (C=O) groups excluding carboxylic acids is 1. The summed E-state index contributed by atoms with van der Waals surface area (Å²) in [6.07, 6.45) is 0. The topological polar surface area (TPSA) is 61.7 Å². The highest BCUT2D eigenvalue weighted by atomic mass is 16.3. The number of nitrogens with zero attached hydrogens (tertiary/aromatic N) is 1. The molecular formula is C15H12N2O2. The van der Waals surface area contributed by atoms with Gasteiger partial charge < -0.3 is 10.4 Å². The molecule has 94 valence electrons. The molecule has 4 nitrogen and oxygen atoms in total. The van der Waals surface area contributed by atoms with Crippen LogP contribution >= 0.6 is 0 Å². The van der Waals surface area contributed by atoms with Gasteiger partial charge in [0.15, 0.2) is 0 Å². The fraction of sp³-hybridized carbons (Fsp3) is 0.0667. The second-order valence-corrected chi connectivity index (χ2v) is 4.31. The Kier molecular flexibility index (Phi) is 2.76. The average molecular weight is 252 g/mol. The smallest absolute Gasteiger partial charge is 0.246 e. The zero-order valence-electron chi connectivity index (χ0n) is 10.1.